The lowest BCUT2D eigenvalue weighted by Crippen LogP contribution is -2.50. The summed E-state index contributed by atoms with van der Waals surface area (Å²) in [6, 6.07) is 0.0605. The summed E-state index contributed by atoms with van der Waals surface area (Å²) in [5, 5.41) is 20.9. The van der Waals surface area contributed by atoms with E-state index < -0.39 is 29.4 Å². The van der Waals surface area contributed by atoms with Gasteiger partial charge in [0.2, 0.25) is 0 Å². The van der Waals surface area contributed by atoms with E-state index >= 15 is 0 Å². The lowest BCUT2D eigenvalue weighted by atomic mass is 9.97. The first-order chi connectivity index (χ1) is 11.4. The highest BCUT2D eigenvalue weighted by atomic mass is 19.4. The molecule has 2 N–H and O–H groups in total. The Morgan fingerprint density at radius 1 is 1.23 bits per heavy atom. The zero-order valence-corrected chi connectivity index (χ0v) is 14.7. The Hall–Kier alpha value is -2.03. The van der Waals surface area contributed by atoms with Gasteiger partial charge < -0.3 is 10.2 Å². The Balaban J connectivity index is 0.000000497. The molecule has 2 rings (SSSR count). The standard InChI is InChI=1S/C8H9F3N2O2.C8H15NO.CH4/c1-4(2)13-6(8(9,10)11)5(3-12-13)7(14)15;1-6(2)9-4-8(5-9)7(3)10;/h3-4H,1-2H3,(H,14,15);6,8,10H,3-5H2,1-2H3;1H4. The summed E-state index contributed by atoms with van der Waals surface area (Å²) >= 11 is 0. The van der Waals surface area contributed by atoms with Crippen LogP contribution < -0.4 is 0 Å². The van der Waals surface area contributed by atoms with Crippen LogP contribution in [-0.2, 0) is 6.18 Å². The van der Waals surface area contributed by atoms with Crippen molar-refractivity contribution in [1.82, 2.24) is 14.7 Å². The van der Waals surface area contributed by atoms with E-state index in [0.29, 0.717) is 28.6 Å². The fourth-order valence-electron chi connectivity index (χ4n) is 2.34. The molecule has 1 aliphatic heterocycles. The highest BCUT2D eigenvalue weighted by Gasteiger charge is 2.40. The van der Waals surface area contributed by atoms with Gasteiger partial charge in [-0.15, -0.1) is 0 Å². The number of aliphatic hydroxyl groups excluding tert-OH is 1. The van der Waals surface area contributed by atoms with Gasteiger partial charge >= 0.3 is 12.1 Å². The number of alkyl halides is 3. The largest absolute Gasteiger partial charge is 0.513 e. The van der Waals surface area contributed by atoms with Crippen molar-refractivity contribution >= 4 is 5.97 Å². The molecule has 0 atom stereocenters. The molecule has 0 bridgehead atoms. The number of hydrogen-bond donors (Lipinski definition) is 2. The molecule has 0 aliphatic carbocycles. The molecule has 0 spiro atoms. The maximum absolute atomic E-state index is 12.5. The van der Waals surface area contributed by atoms with Crippen molar-refractivity contribution in [3.8, 4) is 0 Å². The number of nitrogens with zero attached hydrogens (tertiary/aromatic N) is 3. The fourth-order valence-corrected chi connectivity index (χ4v) is 2.34. The predicted octanol–water partition coefficient (Wildman–Crippen LogP) is 4.22. The summed E-state index contributed by atoms with van der Waals surface area (Å²) in [4.78, 5) is 12.9. The van der Waals surface area contributed by atoms with Gasteiger partial charge in [0.25, 0.3) is 0 Å². The van der Waals surface area contributed by atoms with E-state index in [0.717, 1.165) is 13.1 Å². The Bertz CT molecular complexity index is 619. The summed E-state index contributed by atoms with van der Waals surface area (Å²) in [6.07, 6.45) is -4.00. The van der Waals surface area contributed by atoms with Gasteiger partial charge in [-0.05, 0) is 27.7 Å². The highest BCUT2D eigenvalue weighted by Crippen LogP contribution is 2.33. The smallest absolute Gasteiger partial charge is 0.433 e. The first kappa shape index (κ1) is 24.0. The molecule has 1 aromatic heterocycles. The molecule has 26 heavy (non-hydrogen) atoms. The molecule has 1 aromatic rings. The number of aliphatic hydroxyl groups is 1. The molecule has 0 saturated carbocycles. The molecule has 9 heteroatoms. The first-order valence-corrected chi connectivity index (χ1v) is 7.86. The van der Waals surface area contributed by atoms with Crippen molar-refractivity contribution in [3.63, 3.8) is 0 Å². The number of carbonyl (C=O) groups is 1. The van der Waals surface area contributed by atoms with E-state index in [9.17, 15) is 18.0 Å². The summed E-state index contributed by atoms with van der Waals surface area (Å²) in [5.41, 5.74) is -2.04. The number of rotatable bonds is 4. The summed E-state index contributed by atoms with van der Waals surface area (Å²) in [7, 11) is 0. The molecule has 1 saturated heterocycles. The molecule has 0 radical (unpaired) electrons. The number of carboxylic acids is 1. The topological polar surface area (TPSA) is 78.6 Å². The van der Waals surface area contributed by atoms with Gasteiger partial charge in [0, 0.05) is 31.1 Å². The van der Waals surface area contributed by atoms with E-state index in [-0.39, 0.29) is 7.43 Å². The molecule has 6 nitrogen and oxygen atoms in total. The minimum Gasteiger partial charge on any atom is -0.513 e. The zero-order chi connectivity index (χ0) is 19.5. The van der Waals surface area contributed by atoms with Crippen molar-refractivity contribution in [2.45, 2.75) is 53.4 Å². The van der Waals surface area contributed by atoms with Gasteiger partial charge in [-0.1, -0.05) is 14.0 Å². The Labute approximate surface area is 151 Å². The average Bonchev–Trinajstić information content (AvgIpc) is 2.81. The number of hydrogen-bond acceptors (Lipinski definition) is 4. The van der Waals surface area contributed by atoms with E-state index in [1.165, 1.54) is 13.8 Å². The summed E-state index contributed by atoms with van der Waals surface area (Å²) in [5.74, 6) is -0.950. The van der Waals surface area contributed by atoms with Crippen LogP contribution in [0.2, 0.25) is 0 Å². The van der Waals surface area contributed by atoms with Gasteiger partial charge in [-0.2, -0.15) is 18.3 Å². The maximum atomic E-state index is 12.5. The quantitative estimate of drug-likeness (QED) is 0.766. The van der Waals surface area contributed by atoms with Crippen molar-refractivity contribution in [1.29, 1.82) is 0 Å². The second-order valence-electron chi connectivity index (χ2n) is 6.48. The van der Waals surface area contributed by atoms with Gasteiger partial charge in [0.15, 0.2) is 5.69 Å². The van der Waals surface area contributed by atoms with Crippen LogP contribution in [0.15, 0.2) is 18.5 Å². The van der Waals surface area contributed by atoms with Gasteiger partial charge in [-0.25, -0.2) is 4.79 Å². The van der Waals surface area contributed by atoms with Crippen LogP contribution in [-0.4, -0.2) is 50.0 Å². The Morgan fingerprint density at radius 3 is 2.04 bits per heavy atom. The van der Waals surface area contributed by atoms with E-state index in [1.807, 2.05) is 0 Å². The maximum Gasteiger partial charge on any atom is 0.433 e. The molecule has 0 aromatic carbocycles. The van der Waals surface area contributed by atoms with E-state index in [4.69, 9.17) is 10.2 Å². The van der Waals surface area contributed by atoms with Crippen LogP contribution in [0, 0.1) is 5.92 Å². The average molecular weight is 379 g/mol. The molecular weight excluding hydrogens is 351 g/mol. The monoisotopic (exact) mass is 379 g/mol. The van der Waals surface area contributed by atoms with Gasteiger partial charge in [0.1, 0.15) is 5.56 Å². The minimum atomic E-state index is -4.71. The number of aromatic carboxylic acids is 1. The van der Waals surface area contributed by atoms with Crippen LogP contribution >= 0.6 is 0 Å². The van der Waals surface area contributed by atoms with Crippen LogP contribution in [0.5, 0.6) is 0 Å². The summed E-state index contributed by atoms with van der Waals surface area (Å²) in [6.45, 7) is 12.8. The molecule has 1 fully saturated rings. The molecule has 2 heterocycles. The number of likely N-dealkylation sites (tertiary alicyclic amines) is 1. The molecule has 0 unspecified atom stereocenters. The normalized spacial score (nSPS) is 15.1. The fraction of sp³-hybridized carbons (Fsp3) is 0.647. The molecular formula is C17H28F3N3O3. The number of halogens is 3. The third-order valence-corrected chi connectivity index (χ3v) is 3.89. The van der Waals surface area contributed by atoms with E-state index in [2.05, 4.69) is 30.4 Å². The predicted molar refractivity (Wildman–Crippen MR) is 93.3 cm³/mol. The van der Waals surface area contributed by atoms with Gasteiger partial charge in [0.05, 0.1) is 12.0 Å². The van der Waals surface area contributed by atoms with Crippen LogP contribution in [0.3, 0.4) is 0 Å². The van der Waals surface area contributed by atoms with Crippen LogP contribution in [0.4, 0.5) is 13.2 Å². The Kier molecular flexibility index (Phi) is 8.36. The number of carboxylic acid groups (broad SMARTS) is 1. The zero-order valence-electron chi connectivity index (χ0n) is 14.7. The molecule has 150 valence electrons. The minimum absolute atomic E-state index is 0. The molecule has 1 aliphatic rings. The highest BCUT2D eigenvalue weighted by molar-refractivity contribution is 5.88. The van der Waals surface area contributed by atoms with Crippen molar-refractivity contribution in [2.24, 2.45) is 5.92 Å². The van der Waals surface area contributed by atoms with Crippen molar-refractivity contribution in [3.05, 3.63) is 29.8 Å². The Morgan fingerprint density at radius 2 is 1.73 bits per heavy atom. The van der Waals surface area contributed by atoms with E-state index in [1.54, 1.807) is 0 Å². The van der Waals surface area contributed by atoms with Crippen molar-refractivity contribution in [2.75, 3.05) is 13.1 Å². The SMILES string of the molecule is C.C=C(O)C1CN(C(C)C)C1.CC(C)n1ncc(C(=O)O)c1C(F)(F)F. The lowest BCUT2D eigenvalue weighted by Gasteiger charge is -2.41. The van der Waals surface area contributed by atoms with Gasteiger partial charge in [-0.3, -0.25) is 9.58 Å². The lowest BCUT2D eigenvalue weighted by molar-refractivity contribution is -0.145. The second-order valence-corrected chi connectivity index (χ2v) is 6.48. The first-order valence-electron chi connectivity index (χ1n) is 7.86. The second kappa shape index (κ2) is 9.07. The number of aromatic nitrogens is 2. The third kappa shape index (κ3) is 5.76. The van der Waals surface area contributed by atoms with Crippen molar-refractivity contribution < 1.29 is 28.2 Å². The summed E-state index contributed by atoms with van der Waals surface area (Å²) < 4.78 is 38.3. The van der Waals surface area contributed by atoms with Crippen LogP contribution in [0.1, 0.15) is 57.2 Å². The van der Waals surface area contributed by atoms with Crippen LogP contribution in [0.25, 0.3) is 0 Å². The molecule has 0 amide bonds. The third-order valence-electron chi connectivity index (χ3n) is 3.89.